The van der Waals surface area contributed by atoms with Crippen molar-refractivity contribution in [2.45, 2.75) is 65.2 Å². The molecule has 0 saturated carbocycles. The summed E-state index contributed by atoms with van der Waals surface area (Å²) in [5, 5.41) is 2.49. The Morgan fingerprint density at radius 3 is 2.30 bits per heavy atom. The van der Waals surface area contributed by atoms with Crippen molar-refractivity contribution in [1.82, 2.24) is 5.32 Å². The van der Waals surface area contributed by atoms with Gasteiger partial charge in [-0.3, -0.25) is 0 Å². The maximum Gasteiger partial charge on any atom is 0.408 e. The number of esters is 1. The fourth-order valence-corrected chi connectivity index (χ4v) is 1.44. The molecule has 0 aliphatic heterocycles. The molecule has 0 rings (SSSR count). The number of methoxy groups -OCH3 is 1. The van der Waals surface area contributed by atoms with Gasteiger partial charge in [0.2, 0.25) is 0 Å². The van der Waals surface area contributed by atoms with E-state index < -0.39 is 29.8 Å². The van der Waals surface area contributed by atoms with Crippen LogP contribution in [-0.2, 0) is 19.0 Å². The Labute approximate surface area is 121 Å². The quantitative estimate of drug-likeness (QED) is 0.575. The highest BCUT2D eigenvalue weighted by Gasteiger charge is 2.30. The van der Waals surface area contributed by atoms with Gasteiger partial charge in [-0.15, -0.1) is 0 Å². The number of carbonyl (C=O) groups excluding carboxylic acids is 2. The Kier molecular flexibility index (Phi) is 8.22. The van der Waals surface area contributed by atoms with Gasteiger partial charge in [0, 0.05) is 6.61 Å². The Morgan fingerprint density at radius 2 is 1.85 bits per heavy atom. The minimum absolute atomic E-state index is 0.485. The lowest BCUT2D eigenvalue weighted by Crippen LogP contribution is -2.50. The van der Waals surface area contributed by atoms with Crippen molar-refractivity contribution in [1.29, 1.82) is 0 Å². The maximum absolute atomic E-state index is 11.7. The summed E-state index contributed by atoms with van der Waals surface area (Å²) in [5.41, 5.74) is -0.628. The van der Waals surface area contributed by atoms with E-state index in [0.29, 0.717) is 6.61 Å². The molecule has 0 fully saturated rings. The van der Waals surface area contributed by atoms with Crippen LogP contribution in [0, 0.1) is 0 Å². The van der Waals surface area contributed by atoms with Gasteiger partial charge < -0.3 is 19.5 Å². The Balaban J connectivity index is 4.56. The van der Waals surface area contributed by atoms with E-state index in [0.717, 1.165) is 12.8 Å². The van der Waals surface area contributed by atoms with Crippen LogP contribution in [0.5, 0.6) is 0 Å². The van der Waals surface area contributed by atoms with Crippen LogP contribution in [0.3, 0.4) is 0 Å². The maximum atomic E-state index is 11.7. The molecule has 0 heterocycles. The Bertz CT molecular complexity index is 311. The van der Waals surface area contributed by atoms with Crippen molar-refractivity contribution < 1.29 is 23.8 Å². The number of alkyl carbamates (subject to hydrolysis) is 1. The van der Waals surface area contributed by atoms with Crippen molar-refractivity contribution >= 4 is 12.1 Å². The molecule has 0 aromatic rings. The number of hydrogen-bond donors (Lipinski definition) is 1. The van der Waals surface area contributed by atoms with Gasteiger partial charge in [0.1, 0.15) is 5.60 Å². The molecule has 0 aromatic carbocycles. The highest BCUT2D eigenvalue weighted by atomic mass is 16.6. The second-order valence-electron chi connectivity index (χ2n) is 5.58. The molecule has 0 aliphatic rings. The predicted molar refractivity (Wildman–Crippen MR) is 75.5 cm³/mol. The van der Waals surface area contributed by atoms with E-state index in [9.17, 15) is 9.59 Å². The van der Waals surface area contributed by atoms with Gasteiger partial charge in [-0.1, -0.05) is 13.3 Å². The van der Waals surface area contributed by atoms with Gasteiger partial charge in [0.15, 0.2) is 6.04 Å². The minimum Gasteiger partial charge on any atom is -0.467 e. The second-order valence-corrected chi connectivity index (χ2v) is 5.58. The summed E-state index contributed by atoms with van der Waals surface area (Å²) in [4.78, 5) is 23.4. The molecule has 1 N–H and O–H groups in total. The number of hydrogen-bond acceptors (Lipinski definition) is 5. The largest absolute Gasteiger partial charge is 0.467 e. The van der Waals surface area contributed by atoms with E-state index in [1.54, 1.807) is 27.7 Å². The van der Waals surface area contributed by atoms with Gasteiger partial charge in [0.05, 0.1) is 13.2 Å². The summed E-state index contributed by atoms with van der Waals surface area (Å²) in [7, 11) is 1.27. The molecule has 6 heteroatoms. The number of unbranched alkanes of at least 4 members (excludes halogenated alkanes) is 1. The van der Waals surface area contributed by atoms with Crippen molar-refractivity contribution in [3.8, 4) is 0 Å². The summed E-state index contributed by atoms with van der Waals surface area (Å²) in [6, 6.07) is -0.883. The molecule has 0 aliphatic carbocycles. The average molecular weight is 289 g/mol. The summed E-state index contributed by atoms with van der Waals surface area (Å²) in [6.45, 7) is 9.54. The van der Waals surface area contributed by atoms with Crippen LogP contribution in [0.1, 0.15) is 47.5 Å². The van der Waals surface area contributed by atoms with E-state index in [4.69, 9.17) is 9.47 Å². The molecule has 2 atom stereocenters. The number of nitrogens with one attached hydrogen (secondary N) is 1. The van der Waals surface area contributed by atoms with Crippen molar-refractivity contribution in [3.05, 3.63) is 0 Å². The lowest BCUT2D eigenvalue weighted by molar-refractivity contribution is -0.147. The first-order valence-electron chi connectivity index (χ1n) is 6.90. The van der Waals surface area contributed by atoms with E-state index in [2.05, 4.69) is 10.1 Å². The van der Waals surface area contributed by atoms with Crippen LogP contribution >= 0.6 is 0 Å². The first kappa shape index (κ1) is 18.7. The zero-order valence-corrected chi connectivity index (χ0v) is 13.3. The number of rotatable bonds is 7. The van der Waals surface area contributed by atoms with Crippen LogP contribution in [0.25, 0.3) is 0 Å². The van der Waals surface area contributed by atoms with Crippen LogP contribution in [0.4, 0.5) is 4.79 Å². The average Bonchev–Trinajstić information content (AvgIpc) is 2.33. The predicted octanol–water partition coefficient (Wildman–Crippen LogP) is 2.26. The van der Waals surface area contributed by atoms with Crippen molar-refractivity contribution in [2.75, 3.05) is 13.7 Å². The van der Waals surface area contributed by atoms with E-state index >= 15 is 0 Å². The summed E-state index contributed by atoms with van der Waals surface area (Å²) in [5.74, 6) is -0.556. The third-order valence-electron chi connectivity index (χ3n) is 2.48. The first-order chi connectivity index (χ1) is 9.21. The van der Waals surface area contributed by atoms with Gasteiger partial charge in [-0.2, -0.15) is 0 Å². The molecule has 0 aromatic heterocycles. The number of carbonyl (C=O) groups is 2. The van der Waals surface area contributed by atoms with E-state index in [1.807, 2.05) is 6.92 Å². The summed E-state index contributed by atoms with van der Waals surface area (Å²) >= 11 is 0. The fraction of sp³-hybridized carbons (Fsp3) is 0.857. The van der Waals surface area contributed by atoms with Crippen LogP contribution in [0.2, 0.25) is 0 Å². The highest BCUT2D eigenvalue weighted by Crippen LogP contribution is 2.09. The number of amides is 1. The molecule has 0 saturated heterocycles. The van der Waals surface area contributed by atoms with E-state index in [1.165, 1.54) is 7.11 Å². The molecule has 20 heavy (non-hydrogen) atoms. The molecule has 1 amide bonds. The Hall–Kier alpha value is -1.30. The third kappa shape index (κ3) is 7.99. The topological polar surface area (TPSA) is 73.9 Å². The highest BCUT2D eigenvalue weighted by molar-refractivity contribution is 5.81. The Morgan fingerprint density at radius 1 is 1.25 bits per heavy atom. The monoisotopic (exact) mass is 289 g/mol. The molecule has 0 bridgehead atoms. The molecule has 0 radical (unpaired) electrons. The number of ether oxygens (including phenoxy) is 3. The molecule has 6 nitrogen and oxygen atoms in total. The fourth-order valence-electron chi connectivity index (χ4n) is 1.44. The van der Waals surface area contributed by atoms with Gasteiger partial charge >= 0.3 is 12.1 Å². The van der Waals surface area contributed by atoms with Gasteiger partial charge in [0.25, 0.3) is 0 Å². The van der Waals surface area contributed by atoms with Crippen LogP contribution < -0.4 is 5.32 Å². The van der Waals surface area contributed by atoms with Gasteiger partial charge in [-0.25, -0.2) is 9.59 Å². The first-order valence-corrected chi connectivity index (χ1v) is 6.90. The molecular formula is C14H27NO5. The SMILES string of the molecule is CCCCOC(C)C(NC(=O)OC(C)(C)C)C(=O)OC. The van der Waals surface area contributed by atoms with E-state index in [-0.39, 0.29) is 0 Å². The lowest BCUT2D eigenvalue weighted by Gasteiger charge is -2.25. The molecule has 0 spiro atoms. The standard InChI is InChI=1S/C14H27NO5/c1-7-8-9-19-10(2)11(12(16)18-6)15-13(17)20-14(3,4)5/h10-11H,7-9H2,1-6H3,(H,15,17). The molecule has 2 unspecified atom stereocenters. The molecular weight excluding hydrogens is 262 g/mol. The lowest BCUT2D eigenvalue weighted by atomic mass is 10.2. The third-order valence-corrected chi connectivity index (χ3v) is 2.48. The van der Waals surface area contributed by atoms with Gasteiger partial charge in [-0.05, 0) is 34.1 Å². The minimum atomic E-state index is -0.883. The van der Waals surface area contributed by atoms with Crippen molar-refractivity contribution in [2.24, 2.45) is 0 Å². The van der Waals surface area contributed by atoms with Crippen LogP contribution in [0.15, 0.2) is 0 Å². The molecule has 118 valence electrons. The van der Waals surface area contributed by atoms with Crippen molar-refractivity contribution in [3.63, 3.8) is 0 Å². The zero-order valence-electron chi connectivity index (χ0n) is 13.3. The summed E-state index contributed by atoms with van der Waals surface area (Å²) in [6.07, 6.45) is 0.736. The normalized spacial score (nSPS) is 14.3. The smallest absolute Gasteiger partial charge is 0.408 e. The van der Waals surface area contributed by atoms with Crippen LogP contribution in [-0.4, -0.2) is 43.5 Å². The zero-order chi connectivity index (χ0) is 15.8. The second kappa shape index (κ2) is 8.79. The summed E-state index contributed by atoms with van der Waals surface area (Å²) < 4.78 is 15.3.